The molecular weight excluding hydrogens is 384 g/mol. The number of hydrogen-bond donors (Lipinski definition) is 1. The number of nitrogens with zero attached hydrogens (tertiary/aromatic N) is 5. The van der Waals surface area contributed by atoms with Gasteiger partial charge in [0.25, 0.3) is 0 Å². The summed E-state index contributed by atoms with van der Waals surface area (Å²) in [6.07, 6.45) is 1.80. The minimum Gasteiger partial charge on any atom is -0.418 e. The van der Waals surface area contributed by atoms with E-state index in [-0.39, 0.29) is 12.1 Å². The number of rotatable bonds is 7. The first kappa shape index (κ1) is 20.0. The number of hydrogen-bond acceptors (Lipinski definition) is 9. The number of aromatic nitrogens is 4. The van der Waals surface area contributed by atoms with Gasteiger partial charge >= 0.3 is 0 Å². The van der Waals surface area contributed by atoms with Crippen LogP contribution in [0.4, 0.5) is 11.8 Å². The van der Waals surface area contributed by atoms with Crippen LogP contribution in [0.25, 0.3) is 11.5 Å². The first-order chi connectivity index (χ1) is 14.6. The highest BCUT2D eigenvalue weighted by atomic mass is 16.5. The maximum Gasteiger partial charge on any atom is 0.247 e. The van der Waals surface area contributed by atoms with Crippen LogP contribution < -0.4 is 10.2 Å². The van der Waals surface area contributed by atoms with E-state index < -0.39 is 6.23 Å². The van der Waals surface area contributed by atoms with Crippen molar-refractivity contribution < 1.29 is 13.9 Å². The molecular formula is C21H24N6O3. The molecule has 1 aromatic carbocycles. The lowest BCUT2D eigenvalue weighted by atomic mass is 10.0. The molecule has 0 aliphatic carbocycles. The van der Waals surface area contributed by atoms with E-state index in [0.29, 0.717) is 36.1 Å². The highest BCUT2D eigenvalue weighted by Gasteiger charge is 2.37. The molecule has 30 heavy (non-hydrogen) atoms. The molecule has 1 fully saturated rings. The van der Waals surface area contributed by atoms with Crippen LogP contribution in [-0.2, 0) is 9.53 Å². The van der Waals surface area contributed by atoms with Gasteiger partial charge in [-0.15, -0.1) is 10.2 Å². The van der Waals surface area contributed by atoms with Crippen LogP contribution in [0.5, 0.6) is 0 Å². The van der Waals surface area contributed by atoms with Crippen molar-refractivity contribution in [2.45, 2.75) is 39.1 Å². The topological polar surface area (TPSA) is 106 Å². The third kappa shape index (κ3) is 4.02. The molecule has 0 spiro atoms. The van der Waals surface area contributed by atoms with Crippen LogP contribution in [0.15, 0.2) is 47.0 Å². The molecule has 9 heteroatoms. The Morgan fingerprint density at radius 3 is 2.70 bits per heavy atom. The van der Waals surface area contributed by atoms with E-state index in [0.717, 1.165) is 11.8 Å². The van der Waals surface area contributed by atoms with Gasteiger partial charge < -0.3 is 19.4 Å². The van der Waals surface area contributed by atoms with Gasteiger partial charge in [-0.05, 0) is 31.0 Å². The zero-order chi connectivity index (χ0) is 21.1. The maximum atomic E-state index is 11.5. The van der Waals surface area contributed by atoms with Gasteiger partial charge in [0.15, 0.2) is 12.5 Å². The molecule has 156 valence electrons. The molecule has 1 aliphatic rings. The van der Waals surface area contributed by atoms with E-state index in [9.17, 15) is 4.79 Å². The quantitative estimate of drug-likeness (QED) is 0.590. The van der Waals surface area contributed by atoms with E-state index in [1.165, 1.54) is 0 Å². The molecule has 1 N–H and O–H groups in total. The molecule has 3 aromatic rings. The predicted molar refractivity (Wildman–Crippen MR) is 111 cm³/mol. The van der Waals surface area contributed by atoms with E-state index in [2.05, 4.69) is 39.3 Å². The van der Waals surface area contributed by atoms with Gasteiger partial charge in [0.2, 0.25) is 17.7 Å². The number of ether oxygens (including phenoxy) is 1. The Morgan fingerprint density at radius 2 is 1.97 bits per heavy atom. The molecule has 3 heterocycles. The summed E-state index contributed by atoms with van der Waals surface area (Å²) in [7, 11) is 0. The van der Waals surface area contributed by atoms with Crippen LogP contribution in [0.1, 0.15) is 32.7 Å². The molecule has 4 rings (SSSR count). The molecule has 3 atom stereocenters. The zero-order valence-corrected chi connectivity index (χ0v) is 17.1. The fraction of sp³-hybridized carbons (Fsp3) is 0.381. The van der Waals surface area contributed by atoms with Crippen molar-refractivity contribution in [2.24, 2.45) is 5.92 Å². The molecule has 0 amide bonds. The lowest BCUT2D eigenvalue weighted by Crippen LogP contribution is -2.41. The third-order valence-electron chi connectivity index (χ3n) is 5.04. The SMILES string of the molecule is CC(C)[C@H]1COC(C=O)N1c1ccnc(N[C@@H](C)c2nnc(-c3ccccc3)o2)n1. The van der Waals surface area contributed by atoms with Gasteiger partial charge in [-0.3, -0.25) is 4.79 Å². The predicted octanol–water partition coefficient (Wildman–Crippen LogP) is 3.09. The second-order valence-electron chi connectivity index (χ2n) is 7.49. The fourth-order valence-corrected chi connectivity index (χ4v) is 3.39. The van der Waals surface area contributed by atoms with E-state index in [1.54, 1.807) is 12.3 Å². The summed E-state index contributed by atoms with van der Waals surface area (Å²) >= 11 is 0. The summed E-state index contributed by atoms with van der Waals surface area (Å²) < 4.78 is 11.4. The second-order valence-corrected chi connectivity index (χ2v) is 7.49. The molecule has 2 aromatic heterocycles. The summed E-state index contributed by atoms with van der Waals surface area (Å²) in [6, 6.07) is 11.1. The molecule has 0 radical (unpaired) electrons. The van der Waals surface area contributed by atoms with Crippen LogP contribution in [-0.4, -0.2) is 45.3 Å². The van der Waals surface area contributed by atoms with Crippen molar-refractivity contribution in [2.75, 3.05) is 16.8 Å². The fourth-order valence-electron chi connectivity index (χ4n) is 3.39. The number of carbonyl (C=O) groups excluding carboxylic acids is 1. The summed E-state index contributed by atoms with van der Waals surface area (Å²) in [5.41, 5.74) is 0.857. The highest BCUT2D eigenvalue weighted by Crippen LogP contribution is 2.28. The summed E-state index contributed by atoms with van der Waals surface area (Å²) in [4.78, 5) is 22.3. The van der Waals surface area contributed by atoms with Crippen molar-refractivity contribution in [3.05, 3.63) is 48.5 Å². The average molecular weight is 408 g/mol. The number of nitrogens with one attached hydrogen (secondary N) is 1. The van der Waals surface area contributed by atoms with Crippen LogP contribution in [0, 0.1) is 5.92 Å². The standard InChI is InChI=1S/C21H24N6O3/c1-13(2)16-12-29-18(11-28)27(16)17-9-10-22-21(24-17)23-14(3)19-25-26-20(30-19)15-7-5-4-6-8-15/h4-11,13-14,16,18H,12H2,1-3H3,(H,22,23,24)/t14-,16+,18?/m0/s1. The van der Waals surface area contributed by atoms with E-state index in [4.69, 9.17) is 9.15 Å². The Labute approximate surface area is 174 Å². The molecule has 0 bridgehead atoms. The Morgan fingerprint density at radius 1 is 1.17 bits per heavy atom. The number of benzene rings is 1. The lowest BCUT2D eigenvalue weighted by molar-refractivity contribution is -0.115. The lowest BCUT2D eigenvalue weighted by Gasteiger charge is -2.29. The van der Waals surface area contributed by atoms with Gasteiger partial charge in [0, 0.05) is 11.8 Å². The van der Waals surface area contributed by atoms with Crippen molar-refractivity contribution in [3.8, 4) is 11.5 Å². The average Bonchev–Trinajstić information content (AvgIpc) is 3.42. The van der Waals surface area contributed by atoms with E-state index in [1.807, 2.05) is 42.2 Å². The van der Waals surface area contributed by atoms with Gasteiger partial charge in [0.1, 0.15) is 11.9 Å². The first-order valence-corrected chi connectivity index (χ1v) is 9.90. The van der Waals surface area contributed by atoms with Crippen LogP contribution in [0.2, 0.25) is 0 Å². The van der Waals surface area contributed by atoms with Gasteiger partial charge in [0.05, 0.1) is 12.6 Å². The van der Waals surface area contributed by atoms with Crippen molar-refractivity contribution >= 4 is 18.1 Å². The van der Waals surface area contributed by atoms with Crippen LogP contribution >= 0.6 is 0 Å². The van der Waals surface area contributed by atoms with E-state index >= 15 is 0 Å². The number of aldehydes is 1. The Bertz CT molecular complexity index is 993. The molecule has 0 saturated carbocycles. The number of carbonyl (C=O) groups is 1. The van der Waals surface area contributed by atoms with Crippen molar-refractivity contribution in [1.82, 2.24) is 20.2 Å². The van der Waals surface area contributed by atoms with Gasteiger partial charge in [-0.2, -0.15) is 4.98 Å². The third-order valence-corrected chi connectivity index (χ3v) is 5.04. The second kappa shape index (κ2) is 8.58. The minimum absolute atomic E-state index is 0.0599. The van der Waals surface area contributed by atoms with Crippen molar-refractivity contribution in [1.29, 1.82) is 0 Å². The van der Waals surface area contributed by atoms with Gasteiger partial charge in [-0.1, -0.05) is 32.0 Å². The highest BCUT2D eigenvalue weighted by molar-refractivity contribution is 5.64. The van der Waals surface area contributed by atoms with Crippen LogP contribution in [0.3, 0.4) is 0 Å². The molecule has 1 unspecified atom stereocenters. The summed E-state index contributed by atoms with van der Waals surface area (Å²) in [6.45, 7) is 6.56. The smallest absolute Gasteiger partial charge is 0.247 e. The minimum atomic E-state index is -0.651. The van der Waals surface area contributed by atoms with Gasteiger partial charge in [-0.25, -0.2) is 4.98 Å². The Kier molecular flexibility index (Phi) is 5.71. The summed E-state index contributed by atoms with van der Waals surface area (Å²) in [5, 5.41) is 11.4. The number of anilines is 2. The summed E-state index contributed by atoms with van der Waals surface area (Å²) in [5.74, 6) is 2.21. The zero-order valence-electron chi connectivity index (χ0n) is 17.1. The normalized spacial score (nSPS) is 19.8. The molecule has 9 nitrogen and oxygen atoms in total. The Hall–Kier alpha value is -3.33. The Balaban J connectivity index is 1.52. The largest absolute Gasteiger partial charge is 0.418 e. The maximum absolute atomic E-state index is 11.5. The van der Waals surface area contributed by atoms with Crippen molar-refractivity contribution in [3.63, 3.8) is 0 Å². The molecule has 1 aliphatic heterocycles. The monoisotopic (exact) mass is 408 g/mol. The first-order valence-electron chi connectivity index (χ1n) is 9.90. The molecule has 1 saturated heterocycles.